The molecule has 2 aliphatic rings. The first-order valence-corrected chi connectivity index (χ1v) is 13.3. The van der Waals surface area contributed by atoms with Gasteiger partial charge in [0.1, 0.15) is 5.02 Å². The molecule has 1 unspecified atom stereocenters. The van der Waals surface area contributed by atoms with Crippen LogP contribution in [0.15, 0.2) is 47.5 Å². The van der Waals surface area contributed by atoms with Gasteiger partial charge < -0.3 is 5.32 Å². The fourth-order valence-corrected chi connectivity index (χ4v) is 5.40. The Morgan fingerprint density at radius 1 is 1.21 bits per heavy atom. The van der Waals surface area contributed by atoms with E-state index in [0.717, 1.165) is 36.1 Å². The van der Waals surface area contributed by atoms with Crippen molar-refractivity contribution >= 4 is 23.2 Å². The van der Waals surface area contributed by atoms with E-state index >= 15 is 4.39 Å². The molecule has 2 aliphatic carbocycles. The van der Waals surface area contributed by atoms with Crippen LogP contribution in [0.2, 0.25) is 5.02 Å². The Morgan fingerprint density at radius 2 is 1.97 bits per heavy atom. The number of amides is 1. The Hall–Kier alpha value is -3.85. The third-order valence-corrected chi connectivity index (χ3v) is 8.32. The lowest BCUT2D eigenvalue weighted by molar-refractivity contribution is -0.120. The molecule has 3 aromatic heterocycles. The summed E-state index contributed by atoms with van der Waals surface area (Å²) in [7, 11) is 1.82. The summed E-state index contributed by atoms with van der Waals surface area (Å²) in [4.78, 5) is 30.6. The molecular formula is C29H28ClFN6O2. The van der Waals surface area contributed by atoms with Crippen molar-refractivity contribution in [1.29, 1.82) is 0 Å². The number of hydrogen-bond acceptors (Lipinski definition) is 5. The van der Waals surface area contributed by atoms with Gasteiger partial charge in [0.05, 0.1) is 22.8 Å². The Bertz CT molecular complexity index is 1710. The van der Waals surface area contributed by atoms with Gasteiger partial charge in [0.25, 0.3) is 5.56 Å². The van der Waals surface area contributed by atoms with E-state index in [0.29, 0.717) is 17.1 Å². The predicted molar refractivity (Wildman–Crippen MR) is 147 cm³/mol. The van der Waals surface area contributed by atoms with Crippen LogP contribution in [-0.2, 0) is 11.8 Å². The summed E-state index contributed by atoms with van der Waals surface area (Å²) in [6.07, 6.45) is 5.94. The van der Waals surface area contributed by atoms with Gasteiger partial charge in [-0.15, -0.1) is 5.10 Å². The van der Waals surface area contributed by atoms with Gasteiger partial charge in [0, 0.05) is 42.0 Å². The number of aromatic nitrogens is 5. The second-order valence-corrected chi connectivity index (χ2v) is 11.4. The summed E-state index contributed by atoms with van der Waals surface area (Å²) >= 11 is 6.67. The molecule has 0 saturated heterocycles. The average molecular weight is 547 g/mol. The number of benzene rings is 1. The molecule has 200 valence electrons. The van der Waals surface area contributed by atoms with E-state index in [-0.39, 0.29) is 39.6 Å². The molecule has 0 bridgehead atoms. The van der Waals surface area contributed by atoms with Gasteiger partial charge >= 0.3 is 0 Å². The van der Waals surface area contributed by atoms with Gasteiger partial charge in [0.15, 0.2) is 5.82 Å². The molecule has 39 heavy (non-hydrogen) atoms. The third kappa shape index (κ3) is 4.44. The lowest BCUT2D eigenvalue weighted by Gasteiger charge is -2.17. The van der Waals surface area contributed by atoms with Crippen molar-refractivity contribution in [3.8, 4) is 16.9 Å². The molecule has 0 radical (unpaired) electrons. The average Bonchev–Trinajstić information content (AvgIpc) is 3.82. The highest BCUT2D eigenvalue weighted by atomic mass is 35.5. The highest BCUT2D eigenvalue weighted by Gasteiger charge is 2.45. The van der Waals surface area contributed by atoms with Crippen molar-refractivity contribution in [2.24, 2.45) is 12.5 Å². The van der Waals surface area contributed by atoms with Crippen molar-refractivity contribution < 1.29 is 9.18 Å². The molecule has 4 aromatic rings. The maximum atomic E-state index is 15.6. The Morgan fingerprint density at radius 3 is 2.67 bits per heavy atom. The van der Waals surface area contributed by atoms with Crippen molar-refractivity contribution in [1.82, 2.24) is 24.5 Å². The zero-order valence-corrected chi connectivity index (χ0v) is 22.9. The maximum Gasteiger partial charge on any atom is 0.274 e. The number of anilines is 1. The van der Waals surface area contributed by atoms with Crippen LogP contribution in [0.5, 0.6) is 0 Å². The molecular weight excluding hydrogens is 519 g/mol. The number of pyridine rings is 2. The SMILES string of the molecule is Cc1cnc(-c2cccc(NC(=O)C3(C)CC3)c2F)cc1-n1c(C)cc([C@@H]2CC2c2cn(C)nn2)c(Cl)c1=O. The van der Waals surface area contributed by atoms with Gasteiger partial charge in [-0.2, -0.15) is 0 Å². The van der Waals surface area contributed by atoms with Crippen LogP contribution in [0.3, 0.4) is 0 Å². The summed E-state index contributed by atoms with van der Waals surface area (Å²) < 4.78 is 18.8. The molecule has 6 rings (SSSR count). The smallest absolute Gasteiger partial charge is 0.274 e. The Kier molecular flexibility index (Phi) is 5.95. The molecule has 2 fully saturated rings. The first-order valence-electron chi connectivity index (χ1n) is 12.9. The minimum Gasteiger partial charge on any atom is -0.323 e. The number of nitrogens with one attached hydrogen (secondary N) is 1. The number of carbonyl (C=O) groups is 1. The Balaban J connectivity index is 1.35. The normalized spacial score (nSPS) is 19.1. The summed E-state index contributed by atoms with van der Waals surface area (Å²) in [6, 6.07) is 8.45. The van der Waals surface area contributed by atoms with E-state index in [1.165, 1.54) is 6.07 Å². The fourth-order valence-electron chi connectivity index (χ4n) is 5.12. The molecule has 10 heteroatoms. The predicted octanol–water partition coefficient (Wildman–Crippen LogP) is 5.45. The van der Waals surface area contributed by atoms with Crippen LogP contribution < -0.4 is 10.9 Å². The van der Waals surface area contributed by atoms with Gasteiger partial charge in [-0.3, -0.25) is 23.8 Å². The van der Waals surface area contributed by atoms with E-state index < -0.39 is 11.2 Å². The number of halogens is 2. The molecule has 8 nitrogen and oxygen atoms in total. The molecule has 2 atom stereocenters. The molecule has 1 aromatic carbocycles. The highest BCUT2D eigenvalue weighted by molar-refractivity contribution is 6.31. The molecule has 0 spiro atoms. The van der Waals surface area contributed by atoms with Crippen molar-refractivity contribution in [3.05, 3.63) is 86.4 Å². The lowest BCUT2D eigenvalue weighted by Crippen LogP contribution is -2.23. The molecule has 0 aliphatic heterocycles. The Labute approximate surface area is 229 Å². The quantitative estimate of drug-likeness (QED) is 0.347. The second kappa shape index (κ2) is 9.12. The van der Waals surface area contributed by atoms with Gasteiger partial charge in [-0.25, -0.2) is 4.39 Å². The van der Waals surface area contributed by atoms with Crippen LogP contribution in [0.1, 0.15) is 60.5 Å². The van der Waals surface area contributed by atoms with E-state index in [9.17, 15) is 9.59 Å². The number of hydrogen-bond donors (Lipinski definition) is 1. The van der Waals surface area contributed by atoms with Gasteiger partial charge in [-0.05, 0) is 74.4 Å². The highest BCUT2D eigenvalue weighted by Crippen LogP contribution is 2.55. The summed E-state index contributed by atoms with van der Waals surface area (Å²) in [6.45, 7) is 5.57. The number of rotatable bonds is 6. The van der Waals surface area contributed by atoms with Crippen molar-refractivity contribution in [2.45, 2.75) is 51.9 Å². The largest absolute Gasteiger partial charge is 0.323 e. The topological polar surface area (TPSA) is 94.7 Å². The van der Waals surface area contributed by atoms with Crippen molar-refractivity contribution in [2.75, 3.05) is 5.32 Å². The number of nitrogens with zero attached hydrogens (tertiary/aromatic N) is 5. The molecule has 1 N–H and O–H groups in total. The first kappa shape index (κ1) is 25.4. The molecule has 2 saturated carbocycles. The second-order valence-electron chi connectivity index (χ2n) is 11.0. The van der Waals surface area contributed by atoms with Crippen LogP contribution in [0.25, 0.3) is 16.9 Å². The zero-order valence-electron chi connectivity index (χ0n) is 22.1. The minimum absolute atomic E-state index is 0.106. The van der Waals surface area contributed by atoms with Crippen LogP contribution >= 0.6 is 11.6 Å². The van der Waals surface area contributed by atoms with E-state index in [1.807, 2.05) is 40.1 Å². The molecule has 3 heterocycles. The van der Waals surface area contributed by atoms with Crippen LogP contribution in [0, 0.1) is 25.1 Å². The summed E-state index contributed by atoms with van der Waals surface area (Å²) in [5.74, 6) is -0.475. The van der Waals surface area contributed by atoms with Gasteiger partial charge in [-0.1, -0.05) is 29.8 Å². The standard InChI is InChI=1S/C29H28ClFN6O2/c1-15-13-32-22(17-6-5-7-21(26(17)31)33-28(39)29(3)8-9-29)12-24(15)37-16(2)10-20(25(30)27(37)38)18-11-19(18)23-14-36(4)35-34-23/h5-7,10,12-14,18-19H,8-9,11H2,1-4H3,(H,33,39)/t18-,19?/m1/s1. The minimum atomic E-state index is -0.571. The summed E-state index contributed by atoms with van der Waals surface area (Å²) in [5, 5.41) is 11.1. The monoisotopic (exact) mass is 546 g/mol. The van der Waals surface area contributed by atoms with E-state index in [4.69, 9.17) is 11.6 Å². The molecule has 1 amide bonds. The van der Waals surface area contributed by atoms with E-state index in [2.05, 4.69) is 20.6 Å². The maximum absolute atomic E-state index is 15.6. The van der Waals surface area contributed by atoms with Crippen LogP contribution in [-0.4, -0.2) is 30.5 Å². The number of carbonyl (C=O) groups excluding carboxylic acids is 1. The fraction of sp³-hybridized carbons (Fsp3) is 0.345. The zero-order chi connectivity index (χ0) is 27.6. The van der Waals surface area contributed by atoms with Crippen LogP contribution in [0.4, 0.5) is 10.1 Å². The third-order valence-electron chi connectivity index (χ3n) is 7.94. The van der Waals surface area contributed by atoms with Crippen molar-refractivity contribution in [3.63, 3.8) is 0 Å². The van der Waals surface area contributed by atoms with E-state index in [1.54, 1.807) is 33.6 Å². The summed E-state index contributed by atoms with van der Waals surface area (Å²) in [5.41, 5.74) is 3.62. The first-order chi connectivity index (χ1) is 18.6. The lowest BCUT2D eigenvalue weighted by atomic mass is 10.1. The van der Waals surface area contributed by atoms with Gasteiger partial charge in [0.2, 0.25) is 5.91 Å². The number of aryl methyl sites for hydroxylation is 3.